The van der Waals surface area contributed by atoms with Gasteiger partial charge in [-0.05, 0) is 36.7 Å². The molecule has 8 heteroatoms. The minimum Gasteiger partial charge on any atom is -0.464 e. The number of alkyl halides is 3. The van der Waals surface area contributed by atoms with Gasteiger partial charge in [-0.2, -0.15) is 13.8 Å². The zero-order valence-corrected chi connectivity index (χ0v) is 11.3. The minimum absolute atomic E-state index is 0.895. The van der Waals surface area contributed by atoms with E-state index in [1.807, 2.05) is 15.9 Å². The Bertz CT molecular complexity index is 344. The maximum Gasteiger partial charge on any atom is 0.434 e. The highest BCUT2D eigenvalue weighted by Gasteiger charge is 2.39. The molecule has 17 heavy (non-hydrogen) atoms. The number of hydrogen-bond donors (Lipinski definition) is 0. The quantitative estimate of drug-likeness (QED) is 0.446. The molecule has 0 aliphatic heterocycles. The van der Waals surface area contributed by atoms with Gasteiger partial charge in [-0.15, -0.1) is 0 Å². The Kier molecular flexibility index (Phi) is 5.18. The van der Waals surface area contributed by atoms with Gasteiger partial charge in [0.15, 0.2) is 0 Å². The Labute approximate surface area is 105 Å². The molecule has 0 aliphatic rings. The molecular weight excluding hydrogens is 304 g/mol. The molecule has 1 amide bonds. The number of amides is 1. The van der Waals surface area contributed by atoms with Gasteiger partial charge in [-0.25, -0.2) is 9.59 Å². The van der Waals surface area contributed by atoms with E-state index in [1.165, 1.54) is 20.8 Å². The zero-order valence-electron chi connectivity index (χ0n) is 9.71. The average Bonchev–Trinajstić information content (AvgIpc) is 2.08. The number of aliphatic imine (C=N–C) groups is 1. The molecule has 0 aromatic heterocycles. The summed E-state index contributed by atoms with van der Waals surface area (Å²) >= 11 is 1.92. The van der Waals surface area contributed by atoms with Crippen molar-refractivity contribution < 1.29 is 27.8 Å². The van der Waals surface area contributed by atoms with E-state index in [9.17, 15) is 18.4 Å². The van der Waals surface area contributed by atoms with Gasteiger partial charge in [-0.3, -0.25) is 0 Å². The SMILES string of the molecule is COC(=O)/C(=N\C(=O)OC(C)(C)C)C(F)(F)Br. The Balaban J connectivity index is 5.08. The average molecular weight is 316 g/mol. The Morgan fingerprint density at radius 1 is 1.24 bits per heavy atom. The lowest BCUT2D eigenvalue weighted by Crippen LogP contribution is -2.33. The number of rotatable bonds is 2. The molecule has 0 unspecified atom stereocenters. The van der Waals surface area contributed by atoms with Crippen LogP contribution in [0.1, 0.15) is 20.8 Å². The van der Waals surface area contributed by atoms with E-state index in [0.29, 0.717) is 0 Å². The number of hydrogen-bond acceptors (Lipinski definition) is 4. The fraction of sp³-hybridized carbons (Fsp3) is 0.667. The van der Waals surface area contributed by atoms with Gasteiger partial charge in [-0.1, -0.05) is 0 Å². The van der Waals surface area contributed by atoms with Crippen LogP contribution in [0.3, 0.4) is 0 Å². The van der Waals surface area contributed by atoms with Crippen molar-refractivity contribution in [1.82, 2.24) is 0 Å². The summed E-state index contributed by atoms with van der Waals surface area (Å²) in [6.45, 7) is 4.60. The van der Waals surface area contributed by atoms with E-state index in [0.717, 1.165) is 7.11 Å². The standard InChI is InChI=1S/C9H12BrF2NO4/c1-8(2,3)17-7(15)13-5(6(14)16-4)9(10,11)12/h1-4H3/b13-5+. The number of esters is 1. The summed E-state index contributed by atoms with van der Waals surface area (Å²) in [5.41, 5.74) is -2.27. The molecule has 0 radical (unpaired) electrons. The summed E-state index contributed by atoms with van der Waals surface area (Å²) < 4.78 is 34.5. The summed E-state index contributed by atoms with van der Waals surface area (Å²) in [5, 5.41) is 0. The van der Waals surface area contributed by atoms with Crippen LogP contribution in [-0.4, -0.2) is 35.3 Å². The Hall–Kier alpha value is -1.05. The first-order valence-corrected chi connectivity index (χ1v) is 5.24. The van der Waals surface area contributed by atoms with Crippen LogP contribution in [-0.2, 0) is 14.3 Å². The van der Waals surface area contributed by atoms with Gasteiger partial charge in [0.25, 0.3) is 0 Å². The molecule has 0 aromatic rings. The predicted molar refractivity (Wildman–Crippen MR) is 59.6 cm³/mol. The molecule has 0 heterocycles. The molecule has 0 rings (SSSR count). The van der Waals surface area contributed by atoms with Crippen molar-refractivity contribution in [1.29, 1.82) is 0 Å². The van der Waals surface area contributed by atoms with Crippen LogP contribution in [0.25, 0.3) is 0 Å². The third-order valence-electron chi connectivity index (χ3n) is 1.24. The minimum atomic E-state index is -3.77. The van der Waals surface area contributed by atoms with Gasteiger partial charge < -0.3 is 9.47 Å². The lowest BCUT2D eigenvalue weighted by molar-refractivity contribution is -0.133. The maximum absolute atomic E-state index is 12.9. The van der Waals surface area contributed by atoms with Crippen molar-refractivity contribution in [3.63, 3.8) is 0 Å². The number of ether oxygens (including phenoxy) is 2. The van der Waals surface area contributed by atoms with E-state index < -0.39 is 28.2 Å². The summed E-state index contributed by atoms with van der Waals surface area (Å²) in [4.78, 5) is 21.3. The summed E-state index contributed by atoms with van der Waals surface area (Å²) in [6, 6.07) is 0. The third kappa shape index (κ3) is 6.30. The molecule has 0 atom stereocenters. The first-order valence-electron chi connectivity index (χ1n) is 4.44. The van der Waals surface area contributed by atoms with Gasteiger partial charge in [0.1, 0.15) is 5.60 Å². The van der Waals surface area contributed by atoms with Crippen molar-refractivity contribution in [3.05, 3.63) is 0 Å². The van der Waals surface area contributed by atoms with Gasteiger partial charge in [0.05, 0.1) is 7.11 Å². The molecule has 0 saturated carbocycles. The largest absolute Gasteiger partial charge is 0.464 e. The number of carbonyl (C=O) groups excluding carboxylic acids is 2. The predicted octanol–water partition coefficient (Wildman–Crippen LogP) is 2.52. The molecule has 0 bridgehead atoms. The topological polar surface area (TPSA) is 65.0 Å². The zero-order chi connectivity index (χ0) is 13.9. The normalized spacial score (nSPS) is 13.2. The molecule has 0 saturated heterocycles. The van der Waals surface area contributed by atoms with Crippen LogP contribution in [0.15, 0.2) is 4.99 Å². The molecule has 0 N–H and O–H groups in total. The van der Waals surface area contributed by atoms with Crippen LogP contribution >= 0.6 is 15.9 Å². The van der Waals surface area contributed by atoms with E-state index in [-0.39, 0.29) is 0 Å². The van der Waals surface area contributed by atoms with E-state index in [4.69, 9.17) is 0 Å². The summed E-state index contributed by atoms with van der Waals surface area (Å²) in [6.07, 6.45) is -1.29. The molecular formula is C9H12BrF2NO4. The molecule has 0 aromatic carbocycles. The van der Waals surface area contributed by atoms with Crippen molar-refractivity contribution in [2.24, 2.45) is 4.99 Å². The molecule has 0 spiro atoms. The molecule has 0 aliphatic carbocycles. The molecule has 98 valence electrons. The second-order valence-electron chi connectivity index (χ2n) is 3.93. The summed E-state index contributed by atoms with van der Waals surface area (Å²) in [7, 11) is 0.895. The highest BCUT2D eigenvalue weighted by molar-refractivity contribution is 9.10. The Morgan fingerprint density at radius 3 is 2.00 bits per heavy atom. The number of methoxy groups -OCH3 is 1. The van der Waals surface area contributed by atoms with Crippen molar-refractivity contribution in [2.75, 3.05) is 7.11 Å². The van der Waals surface area contributed by atoms with Crippen LogP contribution in [0, 0.1) is 0 Å². The van der Waals surface area contributed by atoms with Crippen molar-refractivity contribution in [2.45, 2.75) is 31.2 Å². The lowest BCUT2D eigenvalue weighted by atomic mass is 10.2. The van der Waals surface area contributed by atoms with Crippen LogP contribution < -0.4 is 0 Å². The number of halogens is 3. The fourth-order valence-electron chi connectivity index (χ4n) is 0.697. The van der Waals surface area contributed by atoms with E-state index >= 15 is 0 Å². The maximum atomic E-state index is 12.9. The van der Waals surface area contributed by atoms with Crippen LogP contribution in [0.2, 0.25) is 0 Å². The first kappa shape index (κ1) is 16.0. The fourth-order valence-corrected chi connectivity index (χ4v) is 0.948. The van der Waals surface area contributed by atoms with E-state index in [1.54, 1.807) is 0 Å². The highest BCUT2D eigenvalue weighted by atomic mass is 79.9. The van der Waals surface area contributed by atoms with Crippen LogP contribution in [0.4, 0.5) is 13.6 Å². The van der Waals surface area contributed by atoms with E-state index in [2.05, 4.69) is 14.5 Å². The first-order chi connectivity index (χ1) is 7.47. The van der Waals surface area contributed by atoms with Crippen LogP contribution in [0.5, 0.6) is 0 Å². The summed E-state index contributed by atoms with van der Waals surface area (Å²) in [5.74, 6) is -1.42. The van der Waals surface area contributed by atoms with Crippen molar-refractivity contribution in [3.8, 4) is 0 Å². The monoisotopic (exact) mass is 315 g/mol. The number of carbonyl (C=O) groups is 2. The third-order valence-corrected chi connectivity index (χ3v) is 1.62. The molecule has 0 fully saturated rings. The van der Waals surface area contributed by atoms with Gasteiger partial charge in [0, 0.05) is 0 Å². The smallest absolute Gasteiger partial charge is 0.434 e. The number of nitrogens with zero attached hydrogens (tertiary/aromatic N) is 1. The second-order valence-corrected chi connectivity index (χ2v) is 4.93. The van der Waals surface area contributed by atoms with Gasteiger partial charge >= 0.3 is 16.9 Å². The lowest BCUT2D eigenvalue weighted by Gasteiger charge is -2.18. The molecule has 5 nitrogen and oxygen atoms in total. The highest BCUT2D eigenvalue weighted by Crippen LogP contribution is 2.25. The van der Waals surface area contributed by atoms with Gasteiger partial charge in [0.2, 0.25) is 5.71 Å². The van der Waals surface area contributed by atoms with Crippen molar-refractivity contribution >= 4 is 33.7 Å². The Morgan fingerprint density at radius 2 is 1.71 bits per heavy atom. The second kappa shape index (κ2) is 5.52.